The van der Waals surface area contributed by atoms with Crippen molar-refractivity contribution in [3.05, 3.63) is 29.8 Å². The van der Waals surface area contributed by atoms with Gasteiger partial charge < -0.3 is 14.8 Å². The number of likely N-dealkylation sites (N-methyl/N-ethyl adjacent to an activating group) is 1. The highest BCUT2D eigenvalue weighted by Crippen LogP contribution is 2.35. The van der Waals surface area contributed by atoms with Crippen LogP contribution in [-0.4, -0.2) is 26.3 Å². The monoisotopic (exact) mass is 277 g/mol. The number of nitrogens with one attached hydrogen (secondary N) is 1. The van der Waals surface area contributed by atoms with Gasteiger partial charge in [0, 0.05) is 6.54 Å². The Labute approximate surface area is 122 Å². The summed E-state index contributed by atoms with van der Waals surface area (Å²) in [6.07, 6.45) is 4.83. The van der Waals surface area contributed by atoms with Crippen LogP contribution in [0, 0.1) is 5.92 Å². The maximum atomic E-state index is 6.33. The molecule has 0 bridgehead atoms. The van der Waals surface area contributed by atoms with E-state index in [-0.39, 0.29) is 5.60 Å². The van der Waals surface area contributed by atoms with Crippen LogP contribution in [-0.2, 0) is 11.3 Å². The number of hydrogen-bond acceptors (Lipinski definition) is 3. The van der Waals surface area contributed by atoms with Crippen LogP contribution in [0.4, 0.5) is 0 Å². The Balaban J connectivity index is 1.98. The second kappa shape index (κ2) is 7.09. The van der Waals surface area contributed by atoms with Crippen molar-refractivity contribution in [2.75, 3.05) is 20.7 Å². The maximum Gasteiger partial charge on any atom is 0.119 e. The molecule has 2 rings (SSSR count). The van der Waals surface area contributed by atoms with Crippen LogP contribution < -0.4 is 10.1 Å². The first-order valence-electron chi connectivity index (χ1n) is 7.59. The first-order chi connectivity index (χ1) is 9.67. The minimum Gasteiger partial charge on any atom is -0.497 e. The minimum atomic E-state index is 0.00430. The third-order valence-electron chi connectivity index (χ3n) is 4.36. The lowest BCUT2D eigenvalue weighted by molar-refractivity contribution is -0.0840. The van der Waals surface area contributed by atoms with Gasteiger partial charge in [-0.05, 0) is 56.3 Å². The Bertz CT molecular complexity index is 411. The Morgan fingerprint density at radius 3 is 2.70 bits per heavy atom. The average Bonchev–Trinajstić information content (AvgIpc) is 2.49. The van der Waals surface area contributed by atoms with Gasteiger partial charge in [-0.25, -0.2) is 0 Å². The lowest BCUT2D eigenvalue weighted by Gasteiger charge is -2.39. The van der Waals surface area contributed by atoms with Crippen molar-refractivity contribution in [1.82, 2.24) is 5.32 Å². The van der Waals surface area contributed by atoms with Crippen molar-refractivity contribution in [1.29, 1.82) is 0 Å². The summed E-state index contributed by atoms with van der Waals surface area (Å²) in [7, 11) is 3.71. The van der Waals surface area contributed by atoms with Gasteiger partial charge in [-0.1, -0.05) is 19.1 Å². The summed E-state index contributed by atoms with van der Waals surface area (Å²) in [6.45, 7) is 3.93. The summed E-state index contributed by atoms with van der Waals surface area (Å²) >= 11 is 0. The van der Waals surface area contributed by atoms with Crippen LogP contribution >= 0.6 is 0 Å². The van der Waals surface area contributed by atoms with E-state index in [4.69, 9.17) is 9.47 Å². The van der Waals surface area contributed by atoms with E-state index >= 15 is 0 Å². The van der Waals surface area contributed by atoms with Crippen molar-refractivity contribution >= 4 is 0 Å². The average molecular weight is 277 g/mol. The van der Waals surface area contributed by atoms with Crippen molar-refractivity contribution < 1.29 is 9.47 Å². The molecular weight excluding hydrogens is 250 g/mol. The summed E-state index contributed by atoms with van der Waals surface area (Å²) in [5.41, 5.74) is 1.18. The van der Waals surface area contributed by atoms with Crippen LogP contribution in [0.15, 0.2) is 24.3 Å². The zero-order valence-corrected chi connectivity index (χ0v) is 12.9. The molecule has 1 fully saturated rings. The largest absolute Gasteiger partial charge is 0.497 e. The molecule has 1 aliphatic rings. The van der Waals surface area contributed by atoms with Crippen LogP contribution in [0.3, 0.4) is 0 Å². The van der Waals surface area contributed by atoms with Crippen LogP contribution in [0.25, 0.3) is 0 Å². The Kier molecular flexibility index (Phi) is 5.44. The molecular formula is C17H27NO2. The maximum absolute atomic E-state index is 6.33. The quantitative estimate of drug-likeness (QED) is 0.864. The van der Waals surface area contributed by atoms with Crippen molar-refractivity contribution in [2.45, 2.75) is 44.8 Å². The number of benzene rings is 1. The van der Waals surface area contributed by atoms with E-state index in [2.05, 4.69) is 24.4 Å². The third-order valence-corrected chi connectivity index (χ3v) is 4.36. The standard InChI is InChI=1S/C17H27NO2/c1-14-7-9-17(10-8-14,13-18-2)20-12-15-5-4-6-16(11-15)19-3/h4-6,11,14,18H,7-10,12-13H2,1-3H3. The van der Waals surface area contributed by atoms with Gasteiger partial charge in [0.25, 0.3) is 0 Å². The van der Waals surface area contributed by atoms with E-state index in [0.717, 1.165) is 31.1 Å². The van der Waals surface area contributed by atoms with E-state index in [0.29, 0.717) is 6.61 Å². The Morgan fingerprint density at radius 1 is 1.30 bits per heavy atom. The zero-order chi connectivity index (χ0) is 14.4. The zero-order valence-electron chi connectivity index (χ0n) is 12.9. The summed E-state index contributed by atoms with van der Waals surface area (Å²) < 4.78 is 11.6. The normalized spacial score (nSPS) is 26.4. The van der Waals surface area contributed by atoms with Crippen LogP contribution in [0.2, 0.25) is 0 Å². The first-order valence-corrected chi connectivity index (χ1v) is 7.59. The molecule has 0 saturated heterocycles. The topological polar surface area (TPSA) is 30.5 Å². The smallest absolute Gasteiger partial charge is 0.119 e. The summed E-state index contributed by atoms with van der Waals surface area (Å²) in [4.78, 5) is 0. The van der Waals surface area contributed by atoms with Crippen LogP contribution in [0.1, 0.15) is 38.2 Å². The number of hydrogen-bond donors (Lipinski definition) is 1. The molecule has 3 nitrogen and oxygen atoms in total. The molecule has 112 valence electrons. The summed E-state index contributed by atoms with van der Waals surface area (Å²) in [5.74, 6) is 1.73. The molecule has 0 aliphatic heterocycles. The fraction of sp³-hybridized carbons (Fsp3) is 0.647. The molecule has 0 atom stereocenters. The molecule has 1 saturated carbocycles. The molecule has 0 heterocycles. The van der Waals surface area contributed by atoms with Gasteiger partial charge in [0.1, 0.15) is 5.75 Å². The van der Waals surface area contributed by atoms with Gasteiger partial charge in [-0.3, -0.25) is 0 Å². The van der Waals surface area contributed by atoms with Gasteiger partial charge in [-0.15, -0.1) is 0 Å². The van der Waals surface area contributed by atoms with Gasteiger partial charge in [0.15, 0.2) is 0 Å². The van der Waals surface area contributed by atoms with Crippen molar-refractivity contribution in [3.8, 4) is 5.75 Å². The fourth-order valence-electron chi connectivity index (χ4n) is 2.98. The highest BCUT2D eigenvalue weighted by atomic mass is 16.5. The van der Waals surface area contributed by atoms with Crippen LogP contribution in [0.5, 0.6) is 5.75 Å². The molecule has 0 amide bonds. The molecule has 1 aromatic rings. The van der Waals surface area contributed by atoms with Crippen molar-refractivity contribution in [2.24, 2.45) is 5.92 Å². The molecule has 0 unspecified atom stereocenters. The molecule has 1 aromatic carbocycles. The van der Waals surface area contributed by atoms with E-state index < -0.39 is 0 Å². The van der Waals surface area contributed by atoms with Gasteiger partial charge in [-0.2, -0.15) is 0 Å². The molecule has 1 aliphatic carbocycles. The SMILES string of the molecule is CNCC1(OCc2cccc(OC)c2)CCC(C)CC1. The van der Waals surface area contributed by atoms with Gasteiger partial charge >= 0.3 is 0 Å². The Morgan fingerprint density at radius 2 is 2.05 bits per heavy atom. The molecule has 0 radical (unpaired) electrons. The molecule has 0 aromatic heterocycles. The molecule has 3 heteroatoms. The lowest BCUT2D eigenvalue weighted by Crippen LogP contribution is -2.44. The van der Waals surface area contributed by atoms with Gasteiger partial charge in [0.05, 0.1) is 19.3 Å². The van der Waals surface area contributed by atoms with E-state index in [1.165, 1.54) is 18.4 Å². The predicted molar refractivity (Wildman–Crippen MR) is 82.1 cm³/mol. The molecule has 20 heavy (non-hydrogen) atoms. The molecule has 1 N–H and O–H groups in total. The van der Waals surface area contributed by atoms with E-state index in [1.807, 2.05) is 19.2 Å². The third kappa shape index (κ3) is 3.97. The van der Waals surface area contributed by atoms with Crippen molar-refractivity contribution in [3.63, 3.8) is 0 Å². The van der Waals surface area contributed by atoms with E-state index in [9.17, 15) is 0 Å². The minimum absolute atomic E-state index is 0.00430. The summed E-state index contributed by atoms with van der Waals surface area (Å²) in [6, 6.07) is 8.14. The number of ether oxygens (including phenoxy) is 2. The highest BCUT2D eigenvalue weighted by molar-refractivity contribution is 5.27. The molecule has 0 spiro atoms. The number of methoxy groups -OCH3 is 1. The van der Waals surface area contributed by atoms with E-state index in [1.54, 1.807) is 7.11 Å². The number of rotatable bonds is 6. The first kappa shape index (κ1) is 15.3. The Hall–Kier alpha value is -1.06. The second-order valence-corrected chi connectivity index (χ2v) is 6.04. The highest BCUT2D eigenvalue weighted by Gasteiger charge is 2.34. The summed E-state index contributed by atoms with van der Waals surface area (Å²) in [5, 5.41) is 3.30. The fourth-order valence-corrected chi connectivity index (χ4v) is 2.98. The predicted octanol–water partition coefficient (Wildman–Crippen LogP) is 3.38. The van der Waals surface area contributed by atoms with Gasteiger partial charge in [0.2, 0.25) is 0 Å². The second-order valence-electron chi connectivity index (χ2n) is 6.04. The lowest BCUT2D eigenvalue weighted by atomic mass is 9.79.